The lowest BCUT2D eigenvalue weighted by Crippen LogP contribution is -2.58. The zero-order chi connectivity index (χ0) is 22.2. The smallest absolute Gasteiger partial charge is 0.326 e. The molecule has 0 saturated heterocycles. The fourth-order valence-corrected chi connectivity index (χ4v) is 2.42. The molecule has 0 bridgehead atoms. The van der Waals surface area contributed by atoms with E-state index in [4.69, 9.17) is 5.73 Å². The number of nitrogens with two attached hydrogens (primary N) is 1. The topological polar surface area (TPSA) is 151 Å². The maximum atomic E-state index is 12.6. The number of carbonyl (C=O) groups is 4. The van der Waals surface area contributed by atoms with Crippen molar-refractivity contribution in [1.82, 2.24) is 16.0 Å². The molecule has 0 heterocycles. The molecule has 0 aromatic rings. The number of hydrogen-bond donors (Lipinski definition) is 5. The number of carbonyl (C=O) groups excluding carboxylic acids is 3. The van der Waals surface area contributed by atoms with Gasteiger partial charge in [0.1, 0.15) is 18.1 Å². The molecule has 0 aliphatic heterocycles. The Hall–Kier alpha value is -2.16. The summed E-state index contributed by atoms with van der Waals surface area (Å²) in [5, 5.41) is 16.9. The molecule has 0 fully saturated rings. The molecule has 3 amide bonds. The van der Waals surface area contributed by atoms with Crippen LogP contribution in [0.5, 0.6) is 0 Å². The number of hydrogen-bond acceptors (Lipinski definition) is 5. The van der Waals surface area contributed by atoms with Gasteiger partial charge in [0, 0.05) is 0 Å². The first kappa shape index (κ1) is 25.8. The molecule has 0 spiro atoms. The lowest BCUT2D eigenvalue weighted by molar-refractivity contribution is -0.143. The SMILES string of the molecule is CCC(C)C(NC(=O)C(C)NC(=O)C(NC(=O)C(N)C(C)C)C(C)C)C(=O)O. The van der Waals surface area contributed by atoms with Crippen molar-refractivity contribution in [3.05, 3.63) is 0 Å². The molecule has 0 aromatic carbocycles. The number of amides is 3. The van der Waals surface area contributed by atoms with E-state index in [0.29, 0.717) is 6.42 Å². The van der Waals surface area contributed by atoms with Gasteiger partial charge < -0.3 is 26.8 Å². The van der Waals surface area contributed by atoms with Crippen LogP contribution in [0, 0.1) is 17.8 Å². The fraction of sp³-hybridized carbons (Fsp3) is 0.789. The van der Waals surface area contributed by atoms with Crippen molar-refractivity contribution >= 4 is 23.7 Å². The van der Waals surface area contributed by atoms with Gasteiger partial charge in [0.05, 0.1) is 6.04 Å². The molecule has 9 nitrogen and oxygen atoms in total. The van der Waals surface area contributed by atoms with Crippen LogP contribution in [0.15, 0.2) is 0 Å². The summed E-state index contributed by atoms with van der Waals surface area (Å²) in [7, 11) is 0. The molecular weight excluding hydrogens is 364 g/mol. The summed E-state index contributed by atoms with van der Waals surface area (Å²) in [5.74, 6) is -3.28. The average molecular weight is 401 g/mol. The summed E-state index contributed by atoms with van der Waals surface area (Å²) >= 11 is 0. The Morgan fingerprint density at radius 1 is 0.786 bits per heavy atom. The van der Waals surface area contributed by atoms with E-state index in [-0.39, 0.29) is 17.8 Å². The Balaban J connectivity index is 5.04. The maximum Gasteiger partial charge on any atom is 0.326 e. The Labute approximate surface area is 167 Å². The van der Waals surface area contributed by atoms with Crippen molar-refractivity contribution in [2.75, 3.05) is 0 Å². The van der Waals surface area contributed by atoms with Crippen LogP contribution in [-0.4, -0.2) is 53.0 Å². The lowest BCUT2D eigenvalue weighted by atomic mass is 9.98. The minimum atomic E-state index is -1.13. The predicted octanol–water partition coefficient (Wildman–Crippen LogP) is 0.231. The highest BCUT2D eigenvalue weighted by Crippen LogP contribution is 2.09. The van der Waals surface area contributed by atoms with Crippen LogP contribution >= 0.6 is 0 Å². The highest BCUT2D eigenvalue weighted by atomic mass is 16.4. The highest BCUT2D eigenvalue weighted by molar-refractivity contribution is 5.94. The molecule has 28 heavy (non-hydrogen) atoms. The number of nitrogens with one attached hydrogen (secondary N) is 3. The molecule has 9 heteroatoms. The van der Waals surface area contributed by atoms with E-state index < -0.39 is 47.9 Å². The van der Waals surface area contributed by atoms with Crippen molar-refractivity contribution < 1.29 is 24.3 Å². The van der Waals surface area contributed by atoms with Gasteiger partial charge in [0.25, 0.3) is 0 Å². The first-order chi connectivity index (χ1) is 12.8. The van der Waals surface area contributed by atoms with Gasteiger partial charge in [-0.25, -0.2) is 4.79 Å². The zero-order valence-corrected chi connectivity index (χ0v) is 17.9. The predicted molar refractivity (Wildman–Crippen MR) is 106 cm³/mol. The molecular formula is C19H36N4O5. The minimum absolute atomic E-state index is 0.0888. The number of rotatable bonds is 11. The van der Waals surface area contributed by atoms with Crippen molar-refractivity contribution in [2.45, 2.75) is 79.1 Å². The summed E-state index contributed by atoms with van der Waals surface area (Å²) in [6.45, 7) is 12.1. The first-order valence-electron chi connectivity index (χ1n) is 9.72. The van der Waals surface area contributed by atoms with Gasteiger partial charge in [-0.1, -0.05) is 48.0 Å². The monoisotopic (exact) mass is 400 g/mol. The molecule has 0 aliphatic rings. The van der Waals surface area contributed by atoms with Gasteiger partial charge in [-0.05, 0) is 24.7 Å². The number of aliphatic carboxylic acids is 1. The molecule has 0 rings (SSSR count). The quantitative estimate of drug-likeness (QED) is 0.335. The van der Waals surface area contributed by atoms with Crippen LogP contribution in [-0.2, 0) is 19.2 Å². The van der Waals surface area contributed by atoms with E-state index >= 15 is 0 Å². The van der Waals surface area contributed by atoms with Gasteiger partial charge in [0.2, 0.25) is 17.7 Å². The molecule has 6 N–H and O–H groups in total. The normalized spacial score (nSPS) is 16.6. The van der Waals surface area contributed by atoms with Crippen LogP contribution < -0.4 is 21.7 Å². The summed E-state index contributed by atoms with van der Waals surface area (Å²) < 4.78 is 0. The zero-order valence-electron chi connectivity index (χ0n) is 17.9. The van der Waals surface area contributed by atoms with E-state index in [1.165, 1.54) is 6.92 Å². The van der Waals surface area contributed by atoms with Crippen LogP contribution in [0.25, 0.3) is 0 Å². The molecule has 0 radical (unpaired) electrons. The van der Waals surface area contributed by atoms with Gasteiger partial charge >= 0.3 is 5.97 Å². The Kier molecular flexibility index (Phi) is 10.7. The summed E-state index contributed by atoms with van der Waals surface area (Å²) in [5.41, 5.74) is 5.82. The molecule has 0 aliphatic carbocycles. The third-order valence-electron chi connectivity index (χ3n) is 4.80. The Morgan fingerprint density at radius 2 is 1.29 bits per heavy atom. The largest absolute Gasteiger partial charge is 0.480 e. The van der Waals surface area contributed by atoms with E-state index in [1.54, 1.807) is 34.6 Å². The molecule has 0 saturated carbocycles. The van der Waals surface area contributed by atoms with Crippen molar-refractivity contribution in [2.24, 2.45) is 23.5 Å². The molecule has 0 aromatic heterocycles. The Bertz CT molecular complexity index is 565. The van der Waals surface area contributed by atoms with E-state index in [1.807, 2.05) is 6.92 Å². The van der Waals surface area contributed by atoms with Gasteiger partial charge in [-0.3, -0.25) is 14.4 Å². The third-order valence-corrected chi connectivity index (χ3v) is 4.80. The van der Waals surface area contributed by atoms with E-state index in [9.17, 15) is 24.3 Å². The maximum absolute atomic E-state index is 12.6. The van der Waals surface area contributed by atoms with Crippen molar-refractivity contribution in [1.29, 1.82) is 0 Å². The van der Waals surface area contributed by atoms with Crippen LogP contribution in [0.2, 0.25) is 0 Å². The second-order valence-electron chi connectivity index (χ2n) is 7.94. The van der Waals surface area contributed by atoms with Crippen LogP contribution in [0.4, 0.5) is 0 Å². The Morgan fingerprint density at radius 3 is 1.68 bits per heavy atom. The third kappa shape index (κ3) is 7.84. The van der Waals surface area contributed by atoms with Crippen LogP contribution in [0.3, 0.4) is 0 Å². The first-order valence-corrected chi connectivity index (χ1v) is 9.72. The van der Waals surface area contributed by atoms with Crippen LogP contribution in [0.1, 0.15) is 54.9 Å². The molecule has 5 atom stereocenters. The summed E-state index contributed by atoms with van der Waals surface area (Å²) in [6, 6.07) is -3.61. The molecule has 162 valence electrons. The summed E-state index contributed by atoms with van der Waals surface area (Å²) in [4.78, 5) is 48.5. The average Bonchev–Trinajstić information content (AvgIpc) is 2.61. The highest BCUT2D eigenvalue weighted by Gasteiger charge is 2.31. The number of carboxylic acid groups (broad SMARTS) is 1. The van der Waals surface area contributed by atoms with Gasteiger partial charge in [0.15, 0.2) is 0 Å². The van der Waals surface area contributed by atoms with Gasteiger partial charge in [-0.2, -0.15) is 0 Å². The standard InChI is InChI=1S/C19H36N4O5/c1-8-11(6)15(19(27)28)23-16(24)12(7)21-18(26)14(10(4)5)22-17(25)13(20)9(2)3/h9-15H,8,20H2,1-7H3,(H,21,26)(H,22,25)(H,23,24)(H,27,28). The minimum Gasteiger partial charge on any atom is -0.480 e. The number of carboxylic acids is 1. The lowest BCUT2D eigenvalue weighted by Gasteiger charge is -2.27. The van der Waals surface area contributed by atoms with Gasteiger partial charge in [-0.15, -0.1) is 0 Å². The van der Waals surface area contributed by atoms with E-state index in [0.717, 1.165) is 0 Å². The second-order valence-corrected chi connectivity index (χ2v) is 7.94. The molecule has 5 unspecified atom stereocenters. The fourth-order valence-electron chi connectivity index (χ4n) is 2.42. The summed E-state index contributed by atoms with van der Waals surface area (Å²) in [6.07, 6.45) is 0.579. The second kappa shape index (κ2) is 11.6. The van der Waals surface area contributed by atoms with E-state index in [2.05, 4.69) is 16.0 Å². The van der Waals surface area contributed by atoms with Crippen molar-refractivity contribution in [3.8, 4) is 0 Å². The van der Waals surface area contributed by atoms with Crippen molar-refractivity contribution in [3.63, 3.8) is 0 Å².